The Morgan fingerprint density at radius 1 is 1.21 bits per heavy atom. The maximum atomic E-state index is 11.8. The number of hydrogen-bond donors (Lipinski definition) is 2. The van der Waals surface area contributed by atoms with Crippen molar-refractivity contribution in [2.45, 2.75) is 4.90 Å². The van der Waals surface area contributed by atoms with E-state index in [1.165, 1.54) is 6.07 Å². The maximum Gasteiger partial charge on any atom is 0.255 e. The second-order valence-corrected chi connectivity index (χ2v) is 4.97. The van der Waals surface area contributed by atoms with Crippen LogP contribution in [-0.2, 0) is 0 Å². The van der Waals surface area contributed by atoms with Crippen molar-refractivity contribution >= 4 is 17.7 Å². The molecule has 0 spiro atoms. The standard InChI is InChI=1S/C14H14N2O2S/c17-13-4-2-1-3-12(13)14(18)16-9-10-19-11-5-7-15-8-6-11/h1-8,17H,9-10H2,(H,16,18). The third-order valence-electron chi connectivity index (χ3n) is 2.45. The Balaban J connectivity index is 1.77. The van der Waals surface area contributed by atoms with Crippen LogP contribution >= 0.6 is 11.8 Å². The minimum absolute atomic E-state index is 0.00165. The molecule has 1 amide bonds. The fourth-order valence-corrected chi connectivity index (χ4v) is 2.28. The van der Waals surface area contributed by atoms with Crippen molar-refractivity contribution in [1.29, 1.82) is 0 Å². The van der Waals surface area contributed by atoms with E-state index in [9.17, 15) is 9.90 Å². The van der Waals surface area contributed by atoms with Crippen molar-refractivity contribution in [2.75, 3.05) is 12.3 Å². The number of thioether (sulfide) groups is 1. The van der Waals surface area contributed by atoms with Crippen molar-refractivity contribution < 1.29 is 9.90 Å². The van der Waals surface area contributed by atoms with Crippen molar-refractivity contribution in [3.63, 3.8) is 0 Å². The van der Waals surface area contributed by atoms with Crippen LogP contribution in [0.25, 0.3) is 0 Å². The molecule has 0 aliphatic rings. The number of pyridine rings is 1. The van der Waals surface area contributed by atoms with Crippen LogP contribution in [-0.4, -0.2) is 28.3 Å². The maximum absolute atomic E-state index is 11.8. The molecule has 0 bridgehead atoms. The summed E-state index contributed by atoms with van der Waals surface area (Å²) < 4.78 is 0. The van der Waals surface area contributed by atoms with E-state index in [0.717, 1.165) is 10.6 Å². The first-order valence-electron chi connectivity index (χ1n) is 5.86. The summed E-state index contributed by atoms with van der Waals surface area (Å²) in [7, 11) is 0. The SMILES string of the molecule is O=C(NCCSc1ccncc1)c1ccccc1O. The summed E-state index contributed by atoms with van der Waals surface area (Å²) in [6, 6.07) is 10.4. The van der Waals surface area contributed by atoms with Gasteiger partial charge in [-0.15, -0.1) is 11.8 Å². The first-order chi connectivity index (χ1) is 9.27. The molecule has 1 aromatic carbocycles. The van der Waals surface area contributed by atoms with Crippen LogP contribution in [0.5, 0.6) is 5.75 Å². The average molecular weight is 274 g/mol. The Labute approximate surface area is 115 Å². The van der Waals surface area contributed by atoms with Crippen LogP contribution in [0, 0.1) is 0 Å². The summed E-state index contributed by atoms with van der Waals surface area (Å²) in [5, 5.41) is 12.3. The van der Waals surface area contributed by atoms with Crippen LogP contribution in [0.15, 0.2) is 53.7 Å². The van der Waals surface area contributed by atoms with Gasteiger partial charge in [-0.3, -0.25) is 9.78 Å². The highest BCUT2D eigenvalue weighted by atomic mass is 32.2. The number of nitrogens with zero attached hydrogens (tertiary/aromatic N) is 1. The van der Waals surface area contributed by atoms with Gasteiger partial charge < -0.3 is 10.4 Å². The van der Waals surface area contributed by atoms with Crippen LogP contribution in [0.4, 0.5) is 0 Å². The van der Waals surface area contributed by atoms with Gasteiger partial charge in [0.25, 0.3) is 5.91 Å². The van der Waals surface area contributed by atoms with E-state index in [1.807, 2.05) is 12.1 Å². The lowest BCUT2D eigenvalue weighted by Gasteiger charge is -2.06. The Bertz CT molecular complexity index is 546. The summed E-state index contributed by atoms with van der Waals surface area (Å²) in [6.07, 6.45) is 3.48. The Hall–Kier alpha value is -2.01. The average Bonchev–Trinajstić information content (AvgIpc) is 2.45. The van der Waals surface area contributed by atoms with Crippen LogP contribution in [0.3, 0.4) is 0 Å². The molecule has 0 saturated carbocycles. The number of benzene rings is 1. The summed E-state index contributed by atoms with van der Waals surface area (Å²) >= 11 is 1.64. The highest BCUT2D eigenvalue weighted by molar-refractivity contribution is 7.99. The molecule has 0 fully saturated rings. The monoisotopic (exact) mass is 274 g/mol. The largest absolute Gasteiger partial charge is 0.507 e. The molecule has 19 heavy (non-hydrogen) atoms. The van der Waals surface area contributed by atoms with Gasteiger partial charge in [-0.2, -0.15) is 0 Å². The molecule has 2 aromatic rings. The number of carbonyl (C=O) groups is 1. The molecule has 2 rings (SSSR count). The number of nitrogens with one attached hydrogen (secondary N) is 1. The van der Waals surface area contributed by atoms with E-state index in [4.69, 9.17) is 0 Å². The van der Waals surface area contributed by atoms with E-state index in [2.05, 4.69) is 10.3 Å². The smallest absolute Gasteiger partial charge is 0.255 e. The molecule has 98 valence electrons. The van der Waals surface area contributed by atoms with Gasteiger partial charge >= 0.3 is 0 Å². The van der Waals surface area contributed by atoms with Crippen LogP contribution in [0.1, 0.15) is 10.4 Å². The Morgan fingerprint density at radius 2 is 1.95 bits per heavy atom. The zero-order valence-electron chi connectivity index (χ0n) is 10.2. The first-order valence-corrected chi connectivity index (χ1v) is 6.85. The van der Waals surface area contributed by atoms with Crippen molar-refractivity contribution in [3.05, 3.63) is 54.4 Å². The molecule has 1 heterocycles. The summed E-state index contributed by atoms with van der Waals surface area (Å²) in [4.78, 5) is 16.8. The molecule has 2 N–H and O–H groups in total. The molecular formula is C14H14N2O2S. The number of phenolic OH excluding ortho intramolecular Hbond substituents is 1. The minimum Gasteiger partial charge on any atom is -0.507 e. The van der Waals surface area contributed by atoms with Crippen LogP contribution < -0.4 is 5.32 Å². The van der Waals surface area contributed by atoms with E-state index >= 15 is 0 Å². The van der Waals surface area contributed by atoms with E-state index in [0.29, 0.717) is 12.1 Å². The molecular weight excluding hydrogens is 260 g/mol. The normalized spacial score (nSPS) is 10.1. The number of aromatic nitrogens is 1. The number of phenols is 1. The fourth-order valence-electron chi connectivity index (χ4n) is 1.53. The molecule has 0 atom stereocenters. The van der Waals surface area contributed by atoms with E-state index in [1.54, 1.807) is 42.4 Å². The lowest BCUT2D eigenvalue weighted by atomic mass is 10.2. The van der Waals surface area contributed by atoms with Crippen LogP contribution in [0.2, 0.25) is 0 Å². The Morgan fingerprint density at radius 3 is 2.68 bits per heavy atom. The zero-order valence-corrected chi connectivity index (χ0v) is 11.1. The molecule has 0 radical (unpaired) electrons. The van der Waals surface area contributed by atoms with Crippen molar-refractivity contribution in [3.8, 4) is 5.75 Å². The van der Waals surface area contributed by atoms with Gasteiger partial charge in [0, 0.05) is 29.6 Å². The minimum atomic E-state index is -0.256. The number of carbonyl (C=O) groups excluding carboxylic acids is 1. The summed E-state index contributed by atoms with van der Waals surface area (Å²) in [5.41, 5.74) is 0.302. The summed E-state index contributed by atoms with van der Waals surface area (Å²) in [5.74, 6) is 0.513. The fraction of sp³-hybridized carbons (Fsp3) is 0.143. The number of rotatable bonds is 5. The molecule has 0 unspecified atom stereocenters. The van der Waals surface area contributed by atoms with Gasteiger partial charge in [0.15, 0.2) is 0 Å². The molecule has 0 aliphatic carbocycles. The topological polar surface area (TPSA) is 62.2 Å². The van der Waals surface area contributed by atoms with Crippen molar-refractivity contribution in [2.24, 2.45) is 0 Å². The number of amides is 1. The second-order valence-electron chi connectivity index (χ2n) is 3.80. The van der Waals surface area contributed by atoms with Gasteiger partial charge in [0.05, 0.1) is 5.56 Å². The summed E-state index contributed by atoms with van der Waals surface area (Å²) in [6.45, 7) is 0.542. The number of para-hydroxylation sites is 1. The highest BCUT2D eigenvalue weighted by Gasteiger charge is 2.08. The highest BCUT2D eigenvalue weighted by Crippen LogP contribution is 2.16. The van der Waals surface area contributed by atoms with Gasteiger partial charge in [-0.25, -0.2) is 0 Å². The number of aromatic hydroxyl groups is 1. The third-order valence-corrected chi connectivity index (χ3v) is 3.47. The van der Waals surface area contributed by atoms with Gasteiger partial charge in [-0.05, 0) is 24.3 Å². The van der Waals surface area contributed by atoms with E-state index in [-0.39, 0.29) is 11.7 Å². The molecule has 0 aliphatic heterocycles. The lowest BCUT2D eigenvalue weighted by Crippen LogP contribution is -2.25. The first kappa shape index (κ1) is 13.4. The predicted octanol–water partition coefficient (Wildman–Crippen LogP) is 2.31. The van der Waals surface area contributed by atoms with Gasteiger partial charge in [-0.1, -0.05) is 12.1 Å². The third kappa shape index (κ3) is 3.99. The van der Waals surface area contributed by atoms with Crippen molar-refractivity contribution in [1.82, 2.24) is 10.3 Å². The molecule has 5 heteroatoms. The zero-order chi connectivity index (χ0) is 13.5. The second kappa shape index (κ2) is 6.80. The molecule has 0 saturated heterocycles. The van der Waals surface area contributed by atoms with Gasteiger partial charge in [0.1, 0.15) is 5.75 Å². The molecule has 1 aromatic heterocycles. The number of hydrogen-bond acceptors (Lipinski definition) is 4. The lowest BCUT2D eigenvalue weighted by molar-refractivity contribution is 0.0953. The van der Waals surface area contributed by atoms with E-state index < -0.39 is 0 Å². The predicted molar refractivity (Wildman–Crippen MR) is 75.4 cm³/mol. The Kier molecular flexibility index (Phi) is 4.80. The molecule has 4 nitrogen and oxygen atoms in total. The quantitative estimate of drug-likeness (QED) is 0.649. The van der Waals surface area contributed by atoms with Gasteiger partial charge in [0.2, 0.25) is 0 Å².